The molecule has 4 heterocycles. The molecular formula is C29H34B2N2O4. The third kappa shape index (κ3) is 3.76. The quantitative estimate of drug-likeness (QED) is 0.383. The van der Waals surface area contributed by atoms with Crippen molar-refractivity contribution in [1.29, 1.82) is 0 Å². The summed E-state index contributed by atoms with van der Waals surface area (Å²) < 4.78 is 27.7. The van der Waals surface area contributed by atoms with Crippen LogP contribution in [-0.4, -0.2) is 46.2 Å². The molecule has 0 spiro atoms. The van der Waals surface area contributed by atoms with Crippen LogP contribution in [0.4, 0.5) is 0 Å². The molecule has 0 N–H and O–H groups in total. The van der Waals surface area contributed by atoms with Gasteiger partial charge in [0.05, 0.1) is 45.3 Å². The molecule has 0 amide bonds. The molecular weight excluding hydrogens is 462 g/mol. The van der Waals surface area contributed by atoms with Crippen molar-refractivity contribution >= 4 is 47.0 Å². The molecule has 2 aliphatic rings. The molecule has 6 nitrogen and oxygen atoms in total. The Labute approximate surface area is 219 Å². The summed E-state index contributed by atoms with van der Waals surface area (Å²) in [6, 6.07) is 16.9. The van der Waals surface area contributed by atoms with Crippen LogP contribution in [0.2, 0.25) is 0 Å². The van der Waals surface area contributed by atoms with E-state index in [9.17, 15) is 0 Å². The van der Waals surface area contributed by atoms with Crippen LogP contribution in [-0.2, 0) is 18.6 Å². The number of hydrogen-bond acceptors (Lipinski definition) is 5. The average Bonchev–Trinajstić information content (AvgIpc) is 3.36. The fraction of sp³-hybridized carbons (Fsp3) is 0.414. The first kappa shape index (κ1) is 24.7. The van der Waals surface area contributed by atoms with Gasteiger partial charge in [0.1, 0.15) is 0 Å². The summed E-state index contributed by atoms with van der Waals surface area (Å²) in [5.74, 6) is 0. The lowest BCUT2D eigenvalue weighted by Crippen LogP contribution is -2.41. The molecule has 0 aliphatic carbocycles. The van der Waals surface area contributed by atoms with Crippen molar-refractivity contribution in [2.45, 2.75) is 77.8 Å². The Morgan fingerprint density at radius 1 is 0.622 bits per heavy atom. The predicted octanol–water partition coefficient (Wildman–Crippen LogP) is 4.78. The summed E-state index contributed by atoms with van der Waals surface area (Å²) in [5.41, 5.74) is 3.58. The smallest absolute Gasteiger partial charge is 0.399 e. The summed E-state index contributed by atoms with van der Waals surface area (Å²) in [6.45, 7) is 16.6. The molecule has 4 aromatic rings. The number of nitrogens with zero attached hydrogens (tertiary/aromatic N) is 2. The zero-order valence-corrected chi connectivity index (χ0v) is 23.0. The first-order chi connectivity index (χ1) is 17.3. The molecule has 2 saturated heterocycles. The van der Waals surface area contributed by atoms with Gasteiger partial charge in [0, 0.05) is 17.0 Å². The van der Waals surface area contributed by atoms with E-state index in [1.54, 1.807) is 6.20 Å². The third-order valence-electron chi connectivity index (χ3n) is 8.77. The minimum atomic E-state index is -0.433. The molecule has 0 bridgehead atoms. The van der Waals surface area contributed by atoms with Crippen LogP contribution in [0.5, 0.6) is 0 Å². The second-order valence-electron chi connectivity index (χ2n) is 12.3. The topological polar surface area (TPSA) is 54.7 Å². The van der Waals surface area contributed by atoms with Gasteiger partial charge >= 0.3 is 14.2 Å². The fourth-order valence-electron chi connectivity index (χ4n) is 5.07. The Morgan fingerprint density at radius 3 is 1.43 bits per heavy atom. The van der Waals surface area contributed by atoms with E-state index in [2.05, 4.69) is 107 Å². The lowest BCUT2D eigenvalue weighted by atomic mass is 9.77. The molecule has 2 fully saturated rings. The van der Waals surface area contributed by atoms with Crippen LogP contribution in [0, 0.1) is 0 Å². The summed E-state index contributed by atoms with van der Waals surface area (Å²) in [5, 5.41) is 2.23. The molecule has 0 atom stereocenters. The molecule has 6 rings (SSSR count). The SMILES string of the molecule is CC1(C)OB(c2ccc3c(c2)c2cc(B4OC(C)(C)C(C)(C)O4)ccc2n3-c2cccnc2)OC1(C)C. The van der Waals surface area contributed by atoms with Gasteiger partial charge in [-0.3, -0.25) is 4.98 Å². The van der Waals surface area contributed by atoms with Crippen molar-refractivity contribution in [3.63, 3.8) is 0 Å². The van der Waals surface area contributed by atoms with Crippen LogP contribution in [0.25, 0.3) is 27.5 Å². The summed E-state index contributed by atoms with van der Waals surface area (Å²) in [4.78, 5) is 4.38. The zero-order chi connectivity index (χ0) is 26.4. The number of hydrogen-bond donors (Lipinski definition) is 0. The summed E-state index contributed by atoms with van der Waals surface area (Å²) >= 11 is 0. The molecule has 0 unspecified atom stereocenters. The maximum absolute atomic E-state index is 6.37. The van der Waals surface area contributed by atoms with E-state index in [1.165, 1.54) is 0 Å². The van der Waals surface area contributed by atoms with Crippen molar-refractivity contribution in [2.24, 2.45) is 0 Å². The number of aromatic nitrogens is 2. The lowest BCUT2D eigenvalue weighted by molar-refractivity contribution is 0.00578. The third-order valence-corrected chi connectivity index (χ3v) is 8.77. The molecule has 190 valence electrons. The van der Waals surface area contributed by atoms with Crippen LogP contribution in [0.1, 0.15) is 55.4 Å². The monoisotopic (exact) mass is 496 g/mol. The van der Waals surface area contributed by atoms with Gasteiger partial charge in [-0.1, -0.05) is 24.3 Å². The standard InChI is InChI=1S/C29H34B2N2O4/c1-26(2)27(3,4)35-30(34-26)19-11-13-24-22(16-19)23-17-20(31-36-28(5,6)29(7,8)37-31)12-14-25(23)33(24)21-10-9-15-32-18-21/h9-18H,1-8H3. The van der Waals surface area contributed by atoms with E-state index >= 15 is 0 Å². The largest absolute Gasteiger partial charge is 0.494 e. The summed E-state index contributed by atoms with van der Waals surface area (Å²) in [6.07, 6.45) is 3.69. The van der Waals surface area contributed by atoms with E-state index in [-0.39, 0.29) is 0 Å². The van der Waals surface area contributed by atoms with Gasteiger partial charge in [-0.05, 0) is 90.6 Å². The number of benzene rings is 2. The Kier molecular flexibility index (Phi) is 5.29. The van der Waals surface area contributed by atoms with Crippen LogP contribution >= 0.6 is 0 Å². The first-order valence-corrected chi connectivity index (χ1v) is 13.0. The Balaban J connectivity index is 1.53. The van der Waals surface area contributed by atoms with Gasteiger partial charge in [-0.25, -0.2) is 0 Å². The van der Waals surface area contributed by atoms with Gasteiger partial charge in [-0.15, -0.1) is 0 Å². The van der Waals surface area contributed by atoms with Crippen molar-refractivity contribution < 1.29 is 18.6 Å². The maximum atomic E-state index is 6.37. The number of rotatable bonds is 3. The van der Waals surface area contributed by atoms with Gasteiger partial charge < -0.3 is 23.2 Å². The molecule has 8 heteroatoms. The Morgan fingerprint density at radius 2 is 1.05 bits per heavy atom. The molecule has 2 aliphatic heterocycles. The van der Waals surface area contributed by atoms with Gasteiger partial charge in [-0.2, -0.15) is 0 Å². The van der Waals surface area contributed by atoms with E-state index in [4.69, 9.17) is 18.6 Å². The molecule has 0 saturated carbocycles. The van der Waals surface area contributed by atoms with E-state index in [1.807, 2.05) is 12.3 Å². The molecule has 2 aromatic heterocycles. The van der Waals surface area contributed by atoms with Crippen LogP contribution < -0.4 is 10.9 Å². The van der Waals surface area contributed by atoms with Crippen LogP contribution in [0.3, 0.4) is 0 Å². The van der Waals surface area contributed by atoms with E-state index in [0.29, 0.717) is 0 Å². The highest BCUT2D eigenvalue weighted by molar-refractivity contribution is 6.63. The highest BCUT2D eigenvalue weighted by Gasteiger charge is 2.53. The minimum Gasteiger partial charge on any atom is -0.399 e. The Hall–Kier alpha value is -2.64. The van der Waals surface area contributed by atoms with Crippen molar-refractivity contribution in [3.8, 4) is 5.69 Å². The van der Waals surface area contributed by atoms with Gasteiger partial charge in [0.25, 0.3) is 0 Å². The summed E-state index contributed by atoms with van der Waals surface area (Å²) in [7, 11) is -0.866. The average molecular weight is 496 g/mol. The van der Waals surface area contributed by atoms with E-state index < -0.39 is 36.6 Å². The normalized spacial score (nSPS) is 21.8. The second kappa shape index (κ2) is 7.93. The highest BCUT2D eigenvalue weighted by atomic mass is 16.7. The Bertz CT molecular complexity index is 1390. The van der Waals surface area contributed by atoms with Crippen molar-refractivity contribution in [3.05, 3.63) is 60.9 Å². The fourth-order valence-corrected chi connectivity index (χ4v) is 5.07. The highest BCUT2D eigenvalue weighted by Crippen LogP contribution is 2.39. The van der Waals surface area contributed by atoms with Crippen molar-refractivity contribution in [2.75, 3.05) is 0 Å². The van der Waals surface area contributed by atoms with Crippen molar-refractivity contribution in [1.82, 2.24) is 9.55 Å². The zero-order valence-electron chi connectivity index (χ0n) is 23.0. The molecule has 37 heavy (non-hydrogen) atoms. The maximum Gasteiger partial charge on any atom is 0.494 e. The number of fused-ring (bicyclic) bond motifs is 3. The second-order valence-corrected chi connectivity index (χ2v) is 12.3. The van der Waals surface area contributed by atoms with Crippen LogP contribution in [0.15, 0.2) is 60.9 Å². The van der Waals surface area contributed by atoms with Gasteiger partial charge in [0.2, 0.25) is 0 Å². The van der Waals surface area contributed by atoms with Gasteiger partial charge in [0.15, 0.2) is 0 Å². The lowest BCUT2D eigenvalue weighted by Gasteiger charge is -2.32. The molecule has 0 radical (unpaired) electrons. The first-order valence-electron chi connectivity index (χ1n) is 13.0. The van der Waals surface area contributed by atoms with E-state index in [0.717, 1.165) is 38.4 Å². The predicted molar refractivity (Wildman–Crippen MR) is 150 cm³/mol. The minimum absolute atomic E-state index is 0.403. The molecule has 2 aromatic carbocycles. The number of pyridine rings is 1.